The van der Waals surface area contributed by atoms with E-state index in [2.05, 4.69) is 0 Å². The fraction of sp³-hybridized carbons (Fsp3) is 0.417. The molecule has 0 N–H and O–H groups in total. The predicted octanol–water partition coefficient (Wildman–Crippen LogP) is 2.14. The normalized spacial score (nSPS) is 10.4. The summed E-state index contributed by atoms with van der Waals surface area (Å²) >= 11 is 5.75. The van der Waals surface area contributed by atoms with Crippen LogP contribution in [0.2, 0.25) is 5.02 Å². The number of hydrogen-bond acceptors (Lipinski definition) is 3. The van der Waals surface area contributed by atoms with Gasteiger partial charge in [-0.3, -0.25) is 0 Å². The summed E-state index contributed by atoms with van der Waals surface area (Å²) in [7, 11) is 0. The van der Waals surface area contributed by atoms with E-state index in [4.69, 9.17) is 21.1 Å². The third-order valence-corrected chi connectivity index (χ3v) is 2.21. The van der Waals surface area contributed by atoms with Gasteiger partial charge in [0.2, 0.25) is 0 Å². The van der Waals surface area contributed by atoms with Crippen molar-refractivity contribution in [3.8, 4) is 5.75 Å². The first-order valence-electron chi connectivity index (χ1n) is 5.07. The summed E-state index contributed by atoms with van der Waals surface area (Å²) in [5.74, 6) is 0.201. The number of carbonyl (C=O) groups is 1. The van der Waals surface area contributed by atoms with Crippen molar-refractivity contribution in [1.82, 2.24) is 0 Å². The molecule has 0 saturated carbocycles. The number of halogens is 1. The van der Waals surface area contributed by atoms with Crippen molar-refractivity contribution in [2.75, 3.05) is 6.61 Å². The maximum absolute atomic E-state index is 11.6. The van der Waals surface area contributed by atoms with E-state index in [0.29, 0.717) is 17.4 Å². The van der Waals surface area contributed by atoms with Gasteiger partial charge in [-0.25, -0.2) is 4.79 Å². The number of benzene rings is 1. The monoisotopic (exact) mass is 284 g/mol. The van der Waals surface area contributed by atoms with Crippen molar-refractivity contribution in [2.45, 2.75) is 26.4 Å². The Bertz CT molecular complexity index is 363. The number of ether oxygens (including phenoxy) is 2. The summed E-state index contributed by atoms with van der Waals surface area (Å²) in [5.41, 5.74) is -0.996. The van der Waals surface area contributed by atoms with Crippen molar-refractivity contribution in [1.29, 1.82) is 0 Å². The van der Waals surface area contributed by atoms with Crippen LogP contribution in [0.3, 0.4) is 0 Å². The fourth-order valence-electron chi connectivity index (χ4n) is 1.14. The Balaban J connectivity index is 0.00000256. The van der Waals surface area contributed by atoms with Gasteiger partial charge in [-0.05, 0) is 45.0 Å². The Labute approximate surface area is 136 Å². The average molecular weight is 285 g/mol. The van der Waals surface area contributed by atoms with Crippen LogP contribution < -0.4 is 4.74 Å². The van der Waals surface area contributed by atoms with Gasteiger partial charge in [-0.2, -0.15) is 0 Å². The van der Waals surface area contributed by atoms with Crippen molar-refractivity contribution in [2.24, 2.45) is 0 Å². The first-order chi connectivity index (χ1) is 7.45. The molecule has 0 aromatic heterocycles. The molecule has 0 spiro atoms. The van der Waals surface area contributed by atoms with Gasteiger partial charge >= 0.3 is 43.7 Å². The molecular weight excluding hydrogens is 268 g/mol. The number of rotatable bonds is 4. The second-order valence-electron chi connectivity index (χ2n) is 3.79. The standard InChI is InChI=1S/C12H15ClO3.Ca.2H/c1-4-15-11(14)12(2,3)16-10-7-5-9(13)6-8-10;;;/h5-8H,4H2,1-3H3;;;. The van der Waals surface area contributed by atoms with E-state index >= 15 is 0 Å². The van der Waals surface area contributed by atoms with Crippen LogP contribution in [0, 0.1) is 0 Å². The molecule has 17 heavy (non-hydrogen) atoms. The number of hydrogen-bond donors (Lipinski definition) is 0. The third kappa shape index (κ3) is 5.47. The van der Waals surface area contributed by atoms with Crippen molar-refractivity contribution in [3.05, 3.63) is 29.3 Å². The Morgan fingerprint density at radius 1 is 1.29 bits per heavy atom. The van der Waals surface area contributed by atoms with E-state index in [1.807, 2.05) is 0 Å². The molecule has 0 amide bonds. The Kier molecular flexibility index (Phi) is 7.49. The summed E-state index contributed by atoms with van der Waals surface area (Å²) in [6, 6.07) is 6.84. The minimum atomic E-state index is -0.996. The topological polar surface area (TPSA) is 35.5 Å². The van der Waals surface area contributed by atoms with Crippen molar-refractivity contribution < 1.29 is 14.3 Å². The molecule has 5 heteroatoms. The summed E-state index contributed by atoms with van der Waals surface area (Å²) in [5, 5.41) is 0.626. The van der Waals surface area contributed by atoms with Crippen LogP contribution >= 0.6 is 11.6 Å². The first kappa shape index (κ1) is 17.0. The van der Waals surface area contributed by atoms with Gasteiger partial charge in [0.25, 0.3) is 0 Å². The maximum atomic E-state index is 11.6. The van der Waals surface area contributed by atoms with Gasteiger partial charge in [-0.15, -0.1) is 0 Å². The van der Waals surface area contributed by atoms with Crippen LogP contribution in [0.5, 0.6) is 5.75 Å². The molecule has 0 aliphatic carbocycles. The Morgan fingerprint density at radius 3 is 2.29 bits per heavy atom. The zero-order valence-electron chi connectivity index (χ0n) is 9.62. The van der Waals surface area contributed by atoms with E-state index in [9.17, 15) is 4.79 Å². The van der Waals surface area contributed by atoms with Crippen LogP contribution in [0.1, 0.15) is 20.8 Å². The summed E-state index contributed by atoms with van der Waals surface area (Å²) < 4.78 is 10.5. The third-order valence-electron chi connectivity index (χ3n) is 1.95. The van der Waals surface area contributed by atoms with Gasteiger partial charge in [-0.1, -0.05) is 11.6 Å². The SMILES string of the molecule is CCOC(=O)C(C)(C)Oc1ccc(Cl)cc1.[CaH2]. The predicted molar refractivity (Wildman–Crippen MR) is 71.3 cm³/mol. The quantitative estimate of drug-likeness (QED) is 0.628. The molecule has 1 rings (SSSR count). The Hall–Kier alpha value is 0.0397. The van der Waals surface area contributed by atoms with Crippen LogP contribution in [0.25, 0.3) is 0 Å². The van der Waals surface area contributed by atoms with E-state index in [1.54, 1.807) is 45.0 Å². The molecule has 0 fully saturated rings. The second-order valence-corrected chi connectivity index (χ2v) is 4.22. The van der Waals surface area contributed by atoms with E-state index < -0.39 is 5.60 Å². The molecular formula is C12H17CaClO3. The molecule has 3 nitrogen and oxygen atoms in total. The van der Waals surface area contributed by atoms with Gasteiger partial charge < -0.3 is 9.47 Å². The summed E-state index contributed by atoms with van der Waals surface area (Å²) in [6.07, 6.45) is 0. The van der Waals surface area contributed by atoms with Crippen molar-refractivity contribution >= 4 is 55.3 Å². The van der Waals surface area contributed by atoms with Gasteiger partial charge in [0.15, 0.2) is 5.60 Å². The van der Waals surface area contributed by atoms with Crippen molar-refractivity contribution in [3.63, 3.8) is 0 Å². The molecule has 0 aliphatic heterocycles. The van der Waals surface area contributed by atoms with Crippen LogP contribution in [-0.2, 0) is 9.53 Å². The van der Waals surface area contributed by atoms with Gasteiger partial charge in [0.05, 0.1) is 6.61 Å². The summed E-state index contributed by atoms with van der Waals surface area (Å²) in [6.45, 7) is 5.43. The molecule has 0 unspecified atom stereocenters. The van der Waals surface area contributed by atoms with E-state index in [0.717, 1.165) is 0 Å². The number of esters is 1. The molecule has 0 aliphatic rings. The fourth-order valence-corrected chi connectivity index (χ4v) is 1.27. The van der Waals surface area contributed by atoms with E-state index in [-0.39, 0.29) is 43.7 Å². The van der Waals surface area contributed by atoms with Crippen LogP contribution in [-0.4, -0.2) is 55.9 Å². The molecule has 1 aromatic rings. The second kappa shape index (κ2) is 7.47. The molecule has 0 radical (unpaired) electrons. The molecule has 92 valence electrons. The zero-order chi connectivity index (χ0) is 12.2. The molecule has 0 bridgehead atoms. The zero-order valence-corrected chi connectivity index (χ0v) is 10.4. The molecule has 0 heterocycles. The average Bonchev–Trinajstić information content (AvgIpc) is 2.21. The van der Waals surface area contributed by atoms with Gasteiger partial charge in [0.1, 0.15) is 5.75 Å². The molecule has 0 saturated heterocycles. The molecule has 1 aromatic carbocycles. The van der Waals surface area contributed by atoms with E-state index in [1.165, 1.54) is 0 Å². The molecule has 0 atom stereocenters. The van der Waals surface area contributed by atoms with Crippen LogP contribution in [0.4, 0.5) is 0 Å². The minimum absolute atomic E-state index is 0. The summed E-state index contributed by atoms with van der Waals surface area (Å²) in [4.78, 5) is 11.6. The Morgan fingerprint density at radius 2 is 1.82 bits per heavy atom. The van der Waals surface area contributed by atoms with Crippen LogP contribution in [0.15, 0.2) is 24.3 Å². The first-order valence-corrected chi connectivity index (χ1v) is 5.45. The number of carbonyl (C=O) groups excluding carboxylic acids is 1. The van der Waals surface area contributed by atoms with Gasteiger partial charge in [0, 0.05) is 5.02 Å².